The molecule has 3 aromatic rings. The predicted octanol–water partition coefficient (Wildman–Crippen LogP) is 6.63. The maximum absolute atomic E-state index is 13.1. The van der Waals surface area contributed by atoms with Gasteiger partial charge in [0, 0.05) is 15.5 Å². The molecule has 2 aromatic heterocycles. The van der Waals surface area contributed by atoms with Crippen LogP contribution in [0.4, 0.5) is 10.7 Å². The fourth-order valence-electron chi connectivity index (χ4n) is 3.97. The summed E-state index contributed by atoms with van der Waals surface area (Å²) in [5.74, 6) is -0.696. The van der Waals surface area contributed by atoms with Gasteiger partial charge in [0.2, 0.25) is 5.91 Å². The van der Waals surface area contributed by atoms with E-state index in [1.54, 1.807) is 13.0 Å². The summed E-state index contributed by atoms with van der Waals surface area (Å²) >= 11 is 4.29. The van der Waals surface area contributed by atoms with Gasteiger partial charge >= 0.3 is 5.97 Å². The number of thiophene rings is 2. The van der Waals surface area contributed by atoms with Crippen LogP contribution in [0.2, 0.25) is 0 Å². The smallest absolute Gasteiger partial charge is 0.341 e. The highest BCUT2D eigenvalue weighted by Crippen LogP contribution is 2.38. The first-order chi connectivity index (χ1) is 17.0. The topological polar surface area (TPSA) is 84.5 Å². The van der Waals surface area contributed by atoms with Crippen molar-refractivity contribution in [1.82, 2.24) is 0 Å². The van der Waals surface area contributed by atoms with Gasteiger partial charge in [0.15, 0.2) is 0 Å². The quantitative estimate of drug-likeness (QED) is 0.195. The maximum atomic E-state index is 13.1. The molecular weight excluding hydrogens is 500 g/mol. The number of rotatable bonds is 8. The Balaban J connectivity index is 1.45. The Bertz CT molecular complexity index is 1200. The van der Waals surface area contributed by atoms with Crippen molar-refractivity contribution in [2.24, 2.45) is 0 Å². The molecule has 0 aliphatic heterocycles. The van der Waals surface area contributed by atoms with E-state index in [1.807, 2.05) is 42.6 Å². The summed E-state index contributed by atoms with van der Waals surface area (Å²) in [4.78, 5) is 40.9. The van der Waals surface area contributed by atoms with Crippen LogP contribution in [0.3, 0.4) is 0 Å². The Hall–Kier alpha value is -2.62. The van der Waals surface area contributed by atoms with Crippen LogP contribution in [-0.2, 0) is 22.4 Å². The monoisotopic (exact) mass is 528 g/mol. The fourth-order valence-corrected chi connectivity index (χ4v) is 6.79. The minimum absolute atomic E-state index is 0.156. The SMILES string of the molecule is CCOC(=O)c1c(NC(=O)C(C)Sc2cccc(NC(=O)c3cccs3)c2)sc2c1CCCCC2. The number of ether oxygens (including phenoxy) is 1. The van der Waals surface area contributed by atoms with Gasteiger partial charge in [0.1, 0.15) is 5.00 Å². The van der Waals surface area contributed by atoms with Gasteiger partial charge < -0.3 is 15.4 Å². The standard InChI is InChI=1S/C26H28N2O4S3/c1-3-32-26(31)22-19-11-5-4-6-12-20(19)35-25(22)28-23(29)16(2)34-18-10-7-9-17(15-18)27-24(30)21-13-8-14-33-21/h7-10,13-16H,3-6,11-12H2,1-2H3,(H,27,30)(H,28,29). The number of aryl methyl sites for hydroxylation is 1. The van der Waals surface area contributed by atoms with Gasteiger partial charge in [0.05, 0.1) is 22.3 Å². The zero-order valence-electron chi connectivity index (χ0n) is 19.7. The van der Waals surface area contributed by atoms with Gasteiger partial charge in [-0.15, -0.1) is 34.4 Å². The van der Waals surface area contributed by atoms with Crippen molar-refractivity contribution in [1.29, 1.82) is 0 Å². The fraction of sp³-hybridized carbons (Fsp3) is 0.346. The van der Waals surface area contributed by atoms with Crippen LogP contribution in [0.25, 0.3) is 0 Å². The molecule has 2 amide bonds. The van der Waals surface area contributed by atoms with Gasteiger partial charge in [-0.2, -0.15) is 0 Å². The number of esters is 1. The highest BCUT2D eigenvalue weighted by molar-refractivity contribution is 8.00. The normalized spacial score (nSPS) is 13.9. The largest absolute Gasteiger partial charge is 0.462 e. The number of nitrogens with one attached hydrogen (secondary N) is 2. The predicted molar refractivity (Wildman–Crippen MR) is 144 cm³/mol. The first kappa shape index (κ1) is 25.5. The molecule has 1 aliphatic rings. The average molecular weight is 529 g/mol. The second kappa shape index (κ2) is 11.9. The van der Waals surface area contributed by atoms with E-state index in [0.29, 0.717) is 27.7 Å². The lowest BCUT2D eigenvalue weighted by atomic mass is 10.1. The molecule has 2 N–H and O–H groups in total. The molecular formula is C26H28N2O4S3. The Morgan fingerprint density at radius 1 is 1.09 bits per heavy atom. The average Bonchev–Trinajstić information content (AvgIpc) is 3.43. The Morgan fingerprint density at radius 3 is 2.69 bits per heavy atom. The third-order valence-corrected chi connectivity index (χ3v) is 8.83. The number of thioether (sulfide) groups is 1. The molecule has 1 aliphatic carbocycles. The van der Waals surface area contributed by atoms with E-state index in [1.165, 1.54) is 39.3 Å². The van der Waals surface area contributed by atoms with E-state index in [0.717, 1.165) is 42.6 Å². The number of anilines is 2. The van der Waals surface area contributed by atoms with Crippen LogP contribution >= 0.6 is 34.4 Å². The van der Waals surface area contributed by atoms with Crippen LogP contribution in [0, 0.1) is 0 Å². The first-order valence-corrected chi connectivity index (χ1v) is 14.3. The van der Waals surface area contributed by atoms with Crippen molar-refractivity contribution in [2.75, 3.05) is 17.2 Å². The third-order valence-electron chi connectivity index (χ3n) is 5.66. The molecule has 184 valence electrons. The lowest BCUT2D eigenvalue weighted by Crippen LogP contribution is -2.23. The number of fused-ring (bicyclic) bond motifs is 1. The number of carbonyl (C=O) groups excluding carboxylic acids is 3. The molecule has 0 saturated heterocycles. The van der Waals surface area contributed by atoms with Crippen molar-refractivity contribution in [2.45, 2.75) is 56.1 Å². The zero-order chi connectivity index (χ0) is 24.8. The highest BCUT2D eigenvalue weighted by atomic mass is 32.2. The summed E-state index contributed by atoms with van der Waals surface area (Å²) in [7, 11) is 0. The lowest BCUT2D eigenvalue weighted by Gasteiger charge is -2.13. The molecule has 1 atom stereocenters. The van der Waals surface area contributed by atoms with Gasteiger partial charge in [-0.05, 0) is 74.7 Å². The second-order valence-corrected chi connectivity index (χ2v) is 11.7. The Kier molecular flexibility index (Phi) is 8.64. The Labute approximate surface area is 217 Å². The van der Waals surface area contributed by atoms with E-state index in [9.17, 15) is 14.4 Å². The summed E-state index contributed by atoms with van der Waals surface area (Å²) in [6.07, 6.45) is 5.04. The molecule has 9 heteroatoms. The Morgan fingerprint density at radius 2 is 1.91 bits per heavy atom. The summed E-state index contributed by atoms with van der Waals surface area (Å²) in [5, 5.41) is 7.94. The minimum atomic E-state index is -0.407. The molecule has 0 saturated carbocycles. The summed E-state index contributed by atoms with van der Waals surface area (Å²) < 4.78 is 5.32. The van der Waals surface area contributed by atoms with E-state index < -0.39 is 5.25 Å². The molecule has 2 heterocycles. The van der Waals surface area contributed by atoms with Gasteiger partial charge in [-0.25, -0.2) is 4.79 Å². The number of benzene rings is 1. The molecule has 0 spiro atoms. The van der Waals surface area contributed by atoms with E-state index in [-0.39, 0.29) is 17.8 Å². The molecule has 4 rings (SSSR count). The summed E-state index contributed by atoms with van der Waals surface area (Å²) in [5.41, 5.74) is 2.24. The first-order valence-electron chi connectivity index (χ1n) is 11.7. The van der Waals surface area contributed by atoms with Crippen LogP contribution < -0.4 is 10.6 Å². The van der Waals surface area contributed by atoms with Crippen LogP contribution in [0.5, 0.6) is 0 Å². The zero-order valence-corrected chi connectivity index (χ0v) is 22.2. The van der Waals surface area contributed by atoms with Crippen molar-refractivity contribution >= 4 is 62.9 Å². The number of amides is 2. The van der Waals surface area contributed by atoms with Crippen LogP contribution in [-0.4, -0.2) is 29.6 Å². The number of hydrogen-bond acceptors (Lipinski definition) is 7. The summed E-state index contributed by atoms with van der Waals surface area (Å²) in [6, 6.07) is 11.1. The number of hydrogen-bond donors (Lipinski definition) is 2. The van der Waals surface area contributed by atoms with E-state index in [4.69, 9.17) is 4.74 Å². The van der Waals surface area contributed by atoms with Crippen molar-refractivity contribution in [3.63, 3.8) is 0 Å². The van der Waals surface area contributed by atoms with Crippen molar-refractivity contribution in [3.8, 4) is 0 Å². The minimum Gasteiger partial charge on any atom is -0.462 e. The van der Waals surface area contributed by atoms with Crippen LogP contribution in [0.15, 0.2) is 46.7 Å². The third kappa shape index (κ3) is 6.34. The maximum Gasteiger partial charge on any atom is 0.341 e. The second-order valence-electron chi connectivity index (χ2n) is 8.20. The summed E-state index contributed by atoms with van der Waals surface area (Å²) in [6.45, 7) is 3.92. The molecule has 6 nitrogen and oxygen atoms in total. The molecule has 35 heavy (non-hydrogen) atoms. The van der Waals surface area contributed by atoms with Crippen LogP contribution in [0.1, 0.15) is 63.6 Å². The molecule has 1 aromatic carbocycles. The molecule has 1 unspecified atom stereocenters. The molecule has 0 bridgehead atoms. The molecule has 0 radical (unpaired) electrons. The number of carbonyl (C=O) groups is 3. The molecule has 0 fully saturated rings. The van der Waals surface area contributed by atoms with Gasteiger partial charge in [0.25, 0.3) is 5.91 Å². The highest BCUT2D eigenvalue weighted by Gasteiger charge is 2.27. The van der Waals surface area contributed by atoms with Gasteiger partial charge in [-0.3, -0.25) is 9.59 Å². The van der Waals surface area contributed by atoms with Gasteiger partial charge in [-0.1, -0.05) is 18.6 Å². The van der Waals surface area contributed by atoms with E-state index >= 15 is 0 Å². The van der Waals surface area contributed by atoms with Crippen molar-refractivity contribution in [3.05, 3.63) is 62.7 Å². The van der Waals surface area contributed by atoms with Crippen molar-refractivity contribution < 1.29 is 19.1 Å². The lowest BCUT2D eigenvalue weighted by molar-refractivity contribution is -0.115. The van der Waals surface area contributed by atoms with E-state index in [2.05, 4.69) is 10.6 Å².